The topological polar surface area (TPSA) is 24.7 Å². The van der Waals surface area contributed by atoms with E-state index in [2.05, 4.69) is 58.5 Å². The summed E-state index contributed by atoms with van der Waals surface area (Å²) in [5, 5.41) is 0. The summed E-state index contributed by atoms with van der Waals surface area (Å²) in [5.74, 6) is 0. The van der Waals surface area contributed by atoms with E-state index in [-0.39, 0.29) is 11.0 Å². The molecule has 0 radical (unpaired) electrons. The molecule has 0 unspecified atom stereocenters. The SMILES string of the molecule is CC(C)=NC(C)(C)C.CN=C(C)C(C)(C)C. The predicted octanol–water partition coefficient (Wildman–Crippen LogP) is 4.39. The number of rotatable bonds is 0. The Hall–Kier alpha value is -0.660. The third-order valence-corrected chi connectivity index (χ3v) is 1.98. The summed E-state index contributed by atoms with van der Waals surface area (Å²) in [6.45, 7) is 18.9. The van der Waals surface area contributed by atoms with Crippen molar-refractivity contribution in [3.63, 3.8) is 0 Å². The van der Waals surface area contributed by atoms with Gasteiger partial charge in [-0.15, -0.1) is 0 Å². The molecule has 0 saturated heterocycles. The molecule has 16 heavy (non-hydrogen) atoms. The lowest BCUT2D eigenvalue weighted by molar-refractivity contribution is 0.583. The molecular weight excluding hydrogens is 196 g/mol. The molecule has 0 spiro atoms. The number of hydrogen-bond acceptors (Lipinski definition) is 2. The first-order valence-corrected chi connectivity index (χ1v) is 5.87. The van der Waals surface area contributed by atoms with E-state index in [4.69, 9.17) is 0 Å². The standard InChI is InChI=1S/2C7H15N/c1-6(8-5)7(2,3)4;1-6(2)8-7(3,4)5/h2*1-5H3. The van der Waals surface area contributed by atoms with Gasteiger partial charge in [0.25, 0.3) is 0 Å². The zero-order valence-corrected chi connectivity index (χ0v) is 12.9. The van der Waals surface area contributed by atoms with E-state index in [0.717, 1.165) is 5.71 Å². The van der Waals surface area contributed by atoms with Crippen LogP contribution in [0.1, 0.15) is 62.3 Å². The maximum absolute atomic E-state index is 4.33. The molecule has 2 heteroatoms. The normalized spacial score (nSPS) is 12.8. The summed E-state index contributed by atoms with van der Waals surface area (Å²) in [5.41, 5.74) is 2.73. The maximum Gasteiger partial charge on any atom is 0.0523 e. The summed E-state index contributed by atoms with van der Waals surface area (Å²) in [6, 6.07) is 0. The molecular formula is C14H30N2. The second kappa shape index (κ2) is 6.82. The lowest BCUT2D eigenvalue weighted by Gasteiger charge is -2.16. The fourth-order valence-corrected chi connectivity index (χ4v) is 1.01. The van der Waals surface area contributed by atoms with Gasteiger partial charge in [-0.25, -0.2) is 0 Å². The highest BCUT2D eigenvalue weighted by Crippen LogP contribution is 2.14. The first-order valence-electron chi connectivity index (χ1n) is 5.87. The molecule has 0 aromatic rings. The first-order chi connectivity index (χ1) is 6.90. The minimum atomic E-state index is 0.110. The average molecular weight is 226 g/mol. The molecule has 0 N–H and O–H groups in total. The van der Waals surface area contributed by atoms with Gasteiger partial charge in [-0.1, -0.05) is 20.8 Å². The van der Waals surface area contributed by atoms with Crippen molar-refractivity contribution < 1.29 is 0 Å². The van der Waals surface area contributed by atoms with Gasteiger partial charge in [0.2, 0.25) is 0 Å². The largest absolute Gasteiger partial charge is 0.297 e. The van der Waals surface area contributed by atoms with E-state index in [0.29, 0.717) is 0 Å². The fraction of sp³-hybridized carbons (Fsp3) is 0.857. The minimum Gasteiger partial charge on any atom is -0.297 e. The molecule has 0 aliphatic heterocycles. The van der Waals surface area contributed by atoms with Crippen LogP contribution in [-0.4, -0.2) is 24.0 Å². The zero-order chi connectivity index (χ0) is 13.6. The van der Waals surface area contributed by atoms with Crippen molar-refractivity contribution in [3.05, 3.63) is 0 Å². The Balaban J connectivity index is 0. The molecule has 0 aromatic carbocycles. The Morgan fingerprint density at radius 2 is 1.19 bits per heavy atom. The molecule has 2 nitrogen and oxygen atoms in total. The van der Waals surface area contributed by atoms with E-state index in [1.54, 1.807) is 0 Å². The molecule has 0 amide bonds. The van der Waals surface area contributed by atoms with Crippen LogP contribution >= 0.6 is 0 Å². The van der Waals surface area contributed by atoms with Gasteiger partial charge in [0.15, 0.2) is 0 Å². The maximum atomic E-state index is 4.33. The van der Waals surface area contributed by atoms with Crippen molar-refractivity contribution in [1.29, 1.82) is 0 Å². The summed E-state index contributed by atoms with van der Waals surface area (Å²) in [6.07, 6.45) is 0. The monoisotopic (exact) mass is 226 g/mol. The molecule has 0 fully saturated rings. The van der Waals surface area contributed by atoms with Gasteiger partial charge in [0.05, 0.1) is 5.54 Å². The minimum absolute atomic E-state index is 0.110. The Morgan fingerprint density at radius 1 is 0.812 bits per heavy atom. The van der Waals surface area contributed by atoms with E-state index < -0.39 is 0 Å². The highest BCUT2D eigenvalue weighted by atomic mass is 14.8. The Kier molecular flexibility index (Phi) is 7.56. The molecule has 0 aliphatic rings. The fourth-order valence-electron chi connectivity index (χ4n) is 1.01. The van der Waals surface area contributed by atoms with Crippen LogP contribution in [0.4, 0.5) is 0 Å². The second-order valence-electron chi connectivity index (χ2n) is 6.29. The van der Waals surface area contributed by atoms with Crippen molar-refractivity contribution in [2.24, 2.45) is 15.4 Å². The molecule has 0 saturated carbocycles. The summed E-state index contributed by atoms with van der Waals surface area (Å²) in [7, 11) is 1.83. The van der Waals surface area contributed by atoms with Crippen molar-refractivity contribution in [2.75, 3.05) is 7.05 Å². The number of hydrogen-bond donors (Lipinski definition) is 0. The van der Waals surface area contributed by atoms with Crippen molar-refractivity contribution in [3.8, 4) is 0 Å². The highest BCUT2D eigenvalue weighted by molar-refractivity contribution is 5.86. The van der Waals surface area contributed by atoms with Crippen LogP contribution in [0.2, 0.25) is 0 Å². The number of nitrogens with zero attached hydrogens (tertiary/aromatic N) is 2. The number of aliphatic imine (C=N–C) groups is 2. The molecule has 0 bridgehead atoms. The van der Waals surface area contributed by atoms with Crippen LogP contribution in [0.5, 0.6) is 0 Å². The lowest BCUT2D eigenvalue weighted by Crippen LogP contribution is -2.16. The first kappa shape index (κ1) is 17.7. The van der Waals surface area contributed by atoms with Crippen molar-refractivity contribution in [2.45, 2.75) is 67.9 Å². The Bertz CT molecular complexity index is 243. The zero-order valence-electron chi connectivity index (χ0n) is 12.9. The van der Waals surface area contributed by atoms with Crippen LogP contribution in [0.15, 0.2) is 9.98 Å². The van der Waals surface area contributed by atoms with Crippen molar-refractivity contribution in [1.82, 2.24) is 0 Å². The van der Waals surface area contributed by atoms with Crippen LogP contribution in [0.3, 0.4) is 0 Å². The lowest BCUT2D eigenvalue weighted by atomic mass is 9.91. The molecule has 0 heterocycles. The van der Waals surface area contributed by atoms with E-state index in [1.165, 1.54) is 5.71 Å². The van der Waals surface area contributed by atoms with Crippen LogP contribution in [0, 0.1) is 5.41 Å². The average Bonchev–Trinajstić information content (AvgIpc) is 1.97. The van der Waals surface area contributed by atoms with Gasteiger partial charge < -0.3 is 0 Å². The quantitative estimate of drug-likeness (QED) is 0.547. The Morgan fingerprint density at radius 3 is 1.19 bits per heavy atom. The van der Waals surface area contributed by atoms with Crippen LogP contribution in [-0.2, 0) is 0 Å². The summed E-state index contributed by atoms with van der Waals surface area (Å²) >= 11 is 0. The van der Waals surface area contributed by atoms with Gasteiger partial charge in [-0.3, -0.25) is 9.98 Å². The van der Waals surface area contributed by atoms with Crippen LogP contribution < -0.4 is 0 Å². The van der Waals surface area contributed by atoms with E-state index in [1.807, 2.05) is 20.9 Å². The molecule has 0 rings (SSSR count). The third-order valence-electron chi connectivity index (χ3n) is 1.98. The second-order valence-corrected chi connectivity index (χ2v) is 6.29. The molecule has 0 atom stereocenters. The van der Waals surface area contributed by atoms with Gasteiger partial charge in [-0.05, 0) is 47.0 Å². The molecule has 96 valence electrons. The molecule has 0 aromatic heterocycles. The molecule has 0 aliphatic carbocycles. The van der Waals surface area contributed by atoms with E-state index >= 15 is 0 Å². The summed E-state index contributed by atoms with van der Waals surface area (Å²) < 4.78 is 0. The van der Waals surface area contributed by atoms with E-state index in [9.17, 15) is 0 Å². The smallest absolute Gasteiger partial charge is 0.0523 e. The predicted molar refractivity (Wildman–Crippen MR) is 77.0 cm³/mol. The highest BCUT2D eigenvalue weighted by Gasteiger charge is 2.12. The van der Waals surface area contributed by atoms with Gasteiger partial charge in [0, 0.05) is 18.5 Å². The van der Waals surface area contributed by atoms with Crippen molar-refractivity contribution >= 4 is 11.4 Å². The van der Waals surface area contributed by atoms with Crippen LogP contribution in [0.25, 0.3) is 0 Å². The van der Waals surface area contributed by atoms with Gasteiger partial charge in [-0.2, -0.15) is 0 Å². The van der Waals surface area contributed by atoms with Gasteiger partial charge >= 0.3 is 0 Å². The Labute approximate surface area is 102 Å². The van der Waals surface area contributed by atoms with Gasteiger partial charge in [0.1, 0.15) is 0 Å². The third kappa shape index (κ3) is 13.3. The summed E-state index contributed by atoms with van der Waals surface area (Å²) in [4.78, 5) is 8.40.